The molecule has 2 fully saturated rings. The molecule has 2 aromatic carbocycles. The van der Waals surface area contributed by atoms with E-state index in [9.17, 15) is 9.59 Å². The Hall–Kier alpha value is -3.39. The van der Waals surface area contributed by atoms with Crippen LogP contribution in [-0.4, -0.2) is 59.3 Å². The summed E-state index contributed by atoms with van der Waals surface area (Å²) < 4.78 is 1.81. The maximum atomic E-state index is 12.3. The first-order chi connectivity index (χ1) is 16.1. The van der Waals surface area contributed by atoms with Gasteiger partial charge in [0, 0.05) is 63.8 Å². The molecule has 3 aromatic rings. The fourth-order valence-electron chi connectivity index (χ4n) is 4.39. The predicted molar refractivity (Wildman–Crippen MR) is 131 cm³/mol. The maximum Gasteiger partial charge on any atom is 0.329 e. The molecule has 174 valence electrons. The number of carbonyl (C=O) groups is 2. The number of urea groups is 1. The van der Waals surface area contributed by atoms with Crippen molar-refractivity contribution in [3.05, 3.63) is 54.1 Å². The van der Waals surface area contributed by atoms with Crippen molar-refractivity contribution in [2.45, 2.75) is 26.8 Å². The lowest BCUT2D eigenvalue weighted by Gasteiger charge is -2.36. The highest BCUT2D eigenvalue weighted by atomic mass is 16.2. The van der Waals surface area contributed by atoms with Crippen LogP contribution in [0.5, 0.6) is 0 Å². The van der Waals surface area contributed by atoms with Crippen molar-refractivity contribution in [2.24, 2.45) is 7.05 Å². The highest BCUT2D eigenvalue weighted by Gasteiger charge is 2.28. The van der Waals surface area contributed by atoms with Gasteiger partial charge in [0.1, 0.15) is 0 Å². The Morgan fingerprint density at radius 2 is 1.67 bits per heavy atom. The molecule has 2 aliphatic rings. The van der Waals surface area contributed by atoms with Crippen molar-refractivity contribution < 1.29 is 9.59 Å². The number of fused-ring (bicyclic) bond motifs is 1. The van der Waals surface area contributed by atoms with E-state index in [0.717, 1.165) is 43.6 Å². The van der Waals surface area contributed by atoms with Gasteiger partial charge in [0.2, 0.25) is 5.91 Å². The number of nitrogens with zero attached hydrogens (tertiary/aromatic N) is 5. The van der Waals surface area contributed by atoms with Crippen LogP contribution in [0.15, 0.2) is 48.5 Å². The molecular weight excluding hydrogens is 416 g/mol. The molecule has 0 saturated carbocycles. The van der Waals surface area contributed by atoms with Gasteiger partial charge in [-0.25, -0.2) is 4.79 Å². The van der Waals surface area contributed by atoms with Gasteiger partial charge >= 0.3 is 6.03 Å². The lowest BCUT2D eigenvalue weighted by Crippen LogP contribution is -2.49. The zero-order valence-electron chi connectivity index (χ0n) is 19.6. The first-order valence-corrected chi connectivity index (χ1v) is 11.7. The van der Waals surface area contributed by atoms with E-state index in [0.29, 0.717) is 12.4 Å². The molecule has 8 nitrogen and oxygen atoms in total. The Morgan fingerprint density at radius 1 is 0.939 bits per heavy atom. The summed E-state index contributed by atoms with van der Waals surface area (Å²) in [6.07, 6.45) is 0.287. The highest BCUT2D eigenvalue weighted by molar-refractivity contribution is 6.09. The third kappa shape index (κ3) is 4.85. The smallest absolute Gasteiger partial charge is 0.329 e. The molecule has 1 N–H and O–H groups in total. The van der Waals surface area contributed by atoms with E-state index in [2.05, 4.69) is 62.7 Å². The number of hydrogen-bond donors (Lipinski definition) is 1. The van der Waals surface area contributed by atoms with Crippen LogP contribution in [0.3, 0.4) is 0 Å². The molecule has 0 atom stereocenters. The van der Waals surface area contributed by atoms with Gasteiger partial charge in [0.25, 0.3) is 0 Å². The highest BCUT2D eigenvalue weighted by Crippen LogP contribution is 2.30. The third-order valence-electron chi connectivity index (χ3n) is 6.11. The van der Waals surface area contributed by atoms with Crippen molar-refractivity contribution in [2.75, 3.05) is 42.5 Å². The number of aromatic nitrogens is 2. The number of carbonyl (C=O) groups excluding carboxylic acids is 2. The maximum absolute atomic E-state index is 12.3. The molecule has 0 bridgehead atoms. The summed E-state index contributed by atoms with van der Waals surface area (Å²) in [5.41, 5.74) is 3.49. The number of benzene rings is 2. The van der Waals surface area contributed by atoms with Gasteiger partial charge < -0.3 is 4.90 Å². The minimum atomic E-state index is -0.408. The molecule has 5 rings (SSSR count). The molecule has 1 aromatic heterocycles. The Labute approximate surface area is 194 Å². The first kappa shape index (κ1) is 22.8. The van der Waals surface area contributed by atoms with Crippen LogP contribution in [-0.2, 0) is 18.4 Å². The van der Waals surface area contributed by atoms with Gasteiger partial charge in [0.05, 0.1) is 5.52 Å². The number of rotatable bonds is 4. The summed E-state index contributed by atoms with van der Waals surface area (Å²) in [6, 6.07) is 16.5. The zero-order valence-corrected chi connectivity index (χ0v) is 19.6. The topological polar surface area (TPSA) is 73.7 Å². The predicted octanol–water partition coefficient (Wildman–Crippen LogP) is 3.37. The van der Waals surface area contributed by atoms with Gasteiger partial charge in [-0.1, -0.05) is 44.2 Å². The van der Waals surface area contributed by atoms with E-state index in [4.69, 9.17) is 0 Å². The molecule has 0 unspecified atom stereocenters. The molecule has 2 aliphatic heterocycles. The average Bonchev–Trinajstić information content (AvgIpc) is 3.17. The van der Waals surface area contributed by atoms with Crippen LogP contribution >= 0.6 is 0 Å². The largest absolute Gasteiger partial charge is 0.369 e. The van der Waals surface area contributed by atoms with Gasteiger partial charge in [0.15, 0.2) is 5.82 Å². The fraction of sp³-hybridized carbons (Fsp3) is 0.400. The fourth-order valence-corrected chi connectivity index (χ4v) is 4.39. The van der Waals surface area contributed by atoms with E-state index in [-0.39, 0.29) is 12.3 Å². The van der Waals surface area contributed by atoms with Gasteiger partial charge in [-0.2, -0.15) is 5.10 Å². The summed E-state index contributed by atoms with van der Waals surface area (Å²) in [5.74, 6) is 0.358. The minimum Gasteiger partial charge on any atom is -0.369 e. The summed E-state index contributed by atoms with van der Waals surface area (Å²) in [4.78, 5) is 30.2. The third-order valence-corrected chi connectivity index (χ3v) is 6.11. The van der Waals surface area contributed by atoms with Crippen molar-refractivity contribution in [3.63, 3.8) is 0 Å². The lowest BCUT2D eigenvalue weighted by molar-refractivity contribution is -0.120. The van der Waals surface area contributed by atoms with E-state index in [1.807, 2.05) is 31.6 Å². The molecule has 0 radical (unpaired) electrons. The van der Waals surface area contributed by atoms with Gasteiger partial charge in [-0.3, -0.25) is 24.6 Å². The normalized spacial score (nSPS) is 17.1. The Bertz CT molecular complexity index is 1120. The monoisotopic (exact) mass is 448 g/mol. The number of aryl methyl sites for hydroxylation is 1. The molecule has 8 heteroatoms. The van der Waals surface area contributed by atoms with Crippen LogP contribution in [0.25, 0.3) is 10.9 Å². The summed E-state index contributed by atoms with van der Waals surface area (Å²) >= 11 is 0. The number of nitrogens with one attached hydrogen (secondary N) is 1. The number of amides is 3. The molecule has 3 heterocycles. The summed E-state index contributed by atoms with van der Waals surface area (Å²) in [7, 11) is 1.89. The van der Waals surface area contributed by atoms with Crippen LogP contribution in [0.1, 0.15) is 25.8 Å². The quantitative estimate of drug-likeness (QED) is 0.663. The van der Waals surface area contributed by atoms with Crippen LogP contribution in [0.2, 0.25) is 0 Å². The lowest BCUT2D eigenvalue weighted by atomic mass is 10.1. The van der Waals surface area contributed by atoms with Crippen LogP contribution in [0.4, 0.5) is 16.3 Å². The number of imide groups is 1. The van der Waals surface area contributed by atoms with Gasteiger partial charge in [-0.05, 0) is 23.8 Å². The van der Waals surface area contributed by atoms with Crippen LogP contribution < -0.4 is 15.1 Å². The molecule has 3 amide bonds. The average molecular weight is 449 g/mol. The summed E-state index contributed by atoms with van der Waals surface area (Å²) in [6.45, 7) is 9.32. The Kier molecular flexibility index (Phi) is 6.93. The van der Waals surface area contributed by atoms with E-state index in [1.54, 1.807) is 4.90 Å². The zero-order chi connectivity index (χ0) is 23.4. The van der Waals surface area contributed by atoms with Crippen molar-refractivity contribution in [1.29, 1.82) is 0 Å². The Balaban J connectivity index is 0.00000126. The Morgan fingerprint density at radius 3 is 2.36 bits per heavy atom. The SMILES string of the molecule is CC.Cn1nc(N2CCC(=O)NC2=O)c2ccc(N3CCN(Cc4ccccc4)CC3)cc21. The molecular formula is C25H32N6O2. The summed E-state index contributed by atoms with van der Waals surface area (Å²) in [5, 5.41) is 7.87. The molecule has 0 spiro atoms. The van der Waals surface area contributed by atoms with E-state index < -0.39 is 6.03 Å². The van der Waals surface area contributed by atoms with Gasteiger partial charge in [-0.15, -0.1) is 0 Å². The number of hydrogen-bond acceptors (Lipinski definition) is 5. The van der Waals surface area contributed by atoms with E-state index in [1.165, 1.54) is 11.3 Å². The number of piperazine rings is 1. The molecule has 33 heavy (non-hydrogen) atoms. The van der Waals surface area contributed by atoms with Crippen molar-refractivity contribution in [3.8, 4) is 0 Å². The van der Waals surface area contributed by atoms with Crippen molar-refractivity contribution >= 4 is 34.3 Å². The second-order valence-electron chi connectivity index (χ2n) is 8.15. The van der Waals surface area contributed by atoms with Crippen LogP contribution in [0, 0.1) is 0 Å². The molecule has 0 aliphatic carbocycles. The molecule has 2 saturated heterocycles. The second-order valence-corrected chi connectivity index (χ2v) is 8.15. The second kappa shape index (κ2) is 10.0. The first-order valence-electron chi connectivity index (χ1n) is 11.7. The van der Waals surface area contributed by atoms with Crippen molar-refractivity contribution in [1.82, 2.24) is 20.0 Å². The minimum absolute atomic E-state index is 0.241. The van der Waals surface area contributed by atoms with E-state index >= 15 is 0 Å². The number of anilines is 2. The standard InChI is InChI=1S/C23H26N6O2.C2H6/c1-26-20-15-18(28-13-11-27(12-14-28)16-17-5-3-2-4-6-17)7-8-19(20)22(25-26)29-10-9-21(30)24-23(29)31;1-2/h2-8,15H,9-14,16H2,1H3,(H,24,30,31);1-2H3.